The quantitative estimate of drug-likeness (QED) is 0.766. The second kappa shape index (κ2) is 6.01. The van der Waals surface area contributed by atoms with Crippen LogP contribution in [0, 0.1) is 11.8 Å². The molecule has 1 fully saturated rings. The number of nitrogens with one attached hydrogen (secondary N) is 2. The second-order valence-corrected chi connectivity index (χ2v) is 5.63. The first-order chi connectivity index (χ1) is 9.06. The summed E-state index contributed by atoms with van der Waals surface area (Å²) < 4.78 is 0. The number of aliphatic carboxylic acids is 1. The van der Waals surface area contributed by atoms with E-state index in [0.717, 1.165) is 24.2 Å². The first kappa shape index (κ1) is 13.8. The van der Waals surface area contributed by atoms with Gasteiger partial charge in [0.25, 0.3) is 0 Å². The lowest BCUT2D eigenvalue weighted by Crippen LogP contribution is -2.35. The first-order valence-corrected chi connectivity index (χ1v) is 7.11. The van der Waals surface area contributed by atoms with E-state index in [2.05, 4.69) is 10.3 Å². The largest absolute Gasteiger partial charge is 0.481 e. The van der Waals surface area contributed by atoms with Gasteiger partial charge in [-0.15, -0.1) is 0 Å². The molecule has 0 bridgehead atoms. The average Bonchev–Trinajstić information content (AvgIpc) is 2.82. The smallest absolute Gasteiger partial charge is 0.306 e. The zero-order chi connectivity index (χ0) is 13.8. The minimum Gasteiger partial charge on any atom is -0.481 e. The van der Waals surface area contributed by atoms with Gasteiger partial charge in [0, 0.05) is 17.0 Å². The van der Waals surface area contributed by atoms with Gasteiger partial charge in [-0.2, -0.15) is 0 Å². The summed E-state index contributed by atoms with van der Waals surface area (Å²) >= 11 is 1.06. The minimum atomic E-state index is -0.820. The molecular formula is C12H16N2O4S. The van der Waals surface area contributed by atoms with Crippen molar-refractivity contribution in [1.82, 2.24) is 10.3 Å². The molecule has 1 aromatic heterocycles. The van der Waals surface area contributed by atoms with Crippen LogP contribution in [0.2, 0.25) is 0 Å². The molecule has 7 heteroatoms. The summed E-state index contributed by atoms with van der Waals surface area (Å²) in [6.45, 7) is 0.284. The number of hydrogen-bond acceptors (Lipinski definition) is 4. The number of carboxylic acid groups (broad SMARTS) is 1. The predicted octanol–water partition coefficient (Wildman–Crippen LogP) is 0.944. The number of amides is 1. The number of hydrogen-bond donors (Lipinski definition) is 3. The standard InChI is InChI=1S/C12H16N2O4S/c15-10(13-5-9-6-19-12(18)14-9)7-2-1-3-8(4-7)11(16)17/h6-8H,1-5H2,(H,13,15)(H,14,18)(H,16,17). The Morgan fingerprint density at radius 1 is 1.42 bits per heavy atom. The number of aromatic amines is 1. The van der Waals surface area contributed by atoms with Gasteiger partial charge >= 0.3 is 10.8 Å². The van der Waals surface area contributed by atoms with Crippen LogP contribution in [0.25, 0.3) is 0 Å². The molecule has 1 aliphatic rings. The molecule has 3 N–H and O–H groups in total. The molecule has 1 aromatic rings. The predicted molar refractivity (Wildman–Crippen MR) is 69.9 cm³/mol. The van der Waals surface area contributed by atoms with Crippen LogP contribution in [0.15, 0.2) is 10.2 Å². The fraction of sp³-hybridized carbons (Fsp3) is 0.583. The molecule has 2 unspecified atom stereocenters. The molecule has 104 valence electrons. The Bertz CT molecular complexity index is 522. The van der Waals surface area contributed by atoms with Gasteiger partial charge in [0.2, 0.25) is 5.91 Å². The summed E-state index contributed by atoms with van der Waals surface area (Å²) in [6.07, 6.45) is 2.55. The fourth-order valence-electron chi connectivity index (χ4n) is 2.38. The monoisotopic (exact) mass is 284 g/mol. The van der Waals surface area contributed by atoms with Crippen molar-refractivity contribution in [3.05, 3.63) is 20.7 Å². The van der Waals surface area contributed by atoms with Crippen molar-refractivity contribution in [2.24, 2.45) is 11.8 Å². The van der Waals surface area contributed by atoms with E-state index in [1.54, 1.807) is 5.38 Å². The number of carbonyl (C=O) groups is 2. The van der Waals surface area contributed by atoms with Crippen LogP contribution in [-0.2, 0) is 16.1 Å². The Balaban J connectivity index is 1.85. The van der Waals surface area contributed by atoms with Gasteiger partial charge in [-0.1, -0.05) is 17.8 Å². The number of aromatic nitrogens is 1. The summed E-state index contributed by atoms with van der Waals surface area (Å²) in [5, 5.41) is 13.4. The maximum absolute atomic E-state index is 12.0. The molecule has 1 heterocycles. The third kappa shape index (κ3) is 3.66. The van der Waals surface area contributed by atoms with E-state index in [9.17, 15) is 14.4 Å². The number of carboxylic acids is 1. The molecule has 0 radical (unpaired) electrons. The Morgan fingerprint density at radius 3 is 2.79 bits per heavy atom. The van der Waals surface area contributed by atoms with Crippen LogP contribution in [0.1, 0.15) is 31.4 Å². The van der Waals surface area contributed by atoms with Crippen molar-refractivity contribution >= 4 is 23.2 Å². The zero-order valence-electron chi connectivity index (χ0n) is 10.3. The Morgan fingerprint density at radius 2 is 2.16 bits per heavy atom. The first-order valence-electron chi connectivity index (χ1n) is 6.23. The summed E-state index contributed by atoms with van der Waals surface area (Å²) in [5.41, 5.74) is 0.675. The van der Waals surface area contributed by atoms with Gasteiger partial charge in [0.05, 0.1) is 12.5 Å². The summed E-state index contributed by atoms with van der Waals surface area (Å²) in [5.74, 6) is -1.59. The van der Waals surface area contributed by atoms with Crippen molar-refractivity contribution in [1.29, 1.82) is 0 Å². The number of rotatable bonds is 4. The van der Waals surface area contributed by atoms with Crippen LogP contribution in [0.5, 0.6) is 0 Å². The summed E-state index contributed by atoms with van der Waals surface area (Å²) in [7, 11) is 0. The average molecular weight is 284 g/mol. The Labute approximate surface area is 113 Å². The van der Waals surface area contributed by atoms with E-state index < -0.39 is 11.9 Å². The van der Waals surface area contributed by atoms with Crippen LogP contribution in [0.3, 0.4) is 0 Å². The summed E-state index contributed by atoms with van der Waals surface area (Å²) in [4.78, 5) is 36.3. The maximum atomic E-state index is 12.0. The highest BCUT2D eigenvalue weighted by atomic mass is 32.1. The third-order valence-corrected chi connectivity index (χ3v) is 4.14. The van der Waals surface area contributed by atoms with Gasteiger partial charge in [-0.3, -0.25) is 14.4 Å². The third-order valence-electron chi connectivity index (χ3n) is 3.42. The van der Waals surface area contributed by atoms with E-state index in [0.29, 0.717) is 18.5 Å². The lowest BCUT2D eigenvalue weighted by molar-refractivity contribution is -0.144. The molecule has 1 amide bonds. The molecule has 19 heavy (non-hydrogen) atoms. The van der Waals surface area contributed by atoms with Crippen LogP contribution >= 0.6 is 11.3 Å². The van der Waals surface area contributed by atoms with Gasteiger partial charge in [-0.05, 0) is 19.3 Å². The van der Waals surface area contributed by atoms with Crippen molar-refractivity contribution in [3.63, 3.8) is 0 Å². The van der Waals surface area contributed by atoms with E-state index in [4.69, 9.17) is 5.11 Å². The molecule has 0 aliphatic heterocycles. The second-order valence-electron chi connectivity index (χ2n) is 4.79. The minimum absolute atomic E-state index is 0.127. The number of H-pyrrole nitrogens is 1. The van der Waals surface area contributed by atoms with E-state index >= 15 is 0 Å². The van der Waals surface area contributed by atoms with Crippen molar-refractivity contribution in [2.45, 2.75) is 32.2 Å². The molecule has 1 saturated carbocycles. The lowest BCUT2D eigenvalue weighted by Gasteiger charge is -2.25. The molecular weight excluding hydrogens is 268 g/mol. The van der Waals surface area contributed by atoms with Gasteiger partial charge in [0.15, 0.2) is 0 Å². The molecule has 2 rings (SSSR count). The normalized spacial score (nSPS) is 22.9. The highest BCUT2D eigenvalue weighted by Crippen LogP contribution is 2.29. The van der Waals surface area contributed by atoms with Gasteiger partial charge < -0.3 is 15.4 Å². The topological polar surface area (TPSA) is 99.3 Å². The number of thiazole rings is 1. The van der Waals surface area contributed by atoms with Crippen LogP contribution in [-0.4, -0.2) is 22.0 Å². The van der Waals surface area contributed by atoms with Crippen molar-refractivity contribution in [2.75, 3.05) is 0 Å². The molecule has 2 atom stereocenters. The Kier molecular flexibility index (Phi) is 4.36. The molecule has 1 aliphatic carbocycles. The van der Waals surface area contributed by atoms with E-state index in [1.165, 1.54) is 0 Å². The zero-order valence-corrected chi connectivity index (χ0v) is 11.2. The SMILES string of the molecule is O=C(O)C1CCCC(C(=O)NCc2csc(=O)[nH]2)C1. The van der Waals surface area contributed by atoms with Crippen molar-refractivity contribution in [3.8, 4) is 0 Å². The van der Waals surface area contributed by atoms with Crippen molar-refractivity contribution < 1.29 is 14.7 Å². The van der Waals surface area contributed by atoms with Gasteiger partial charge in [-0.25, -0.2) is 0 Å². The molecule has 6 nitrogen and oxygen atoms in total. The molecule has 0 saturated heterocycles. The van der Waals surface area contributed by atoms with E-state index in [-0.39, 0.29) is 23.2 Å². The Hall–Kier alpha value is -1.63. The lowest BCUT2D eigenvalue weighted by atomic mass is 9.81. The van der Waals surface area contributed by atoms with Gasteiger partial charge in [0.1, 0.15) is 0 Å². The van der Waals surface area contributed by atoms with Crippen LogP contribution in [0.4, 0.5) is 0 Å². The number of carbonyl (C=O) groups excluding carboxylic acids is 1. The highest BCUT2D eigenvalue weighted by molar-refractivity contribution is 7.07. The highest BCUT2D eigenvalue weighted by Gasteiger charge is 2.30. The maximum Gasteiger partial charge on any atom is 0.306 e. The summed E-state index contributed by atoms with van der Waals surface area (Å²) in [6, 6.07) is 0. The van der Waals surface area contributed by atoms with E-state index in [1.807, 2.05) is 0 Å². The molecule has 0 spiro atoms. The fourth-order valence-corrected chi connectivity index (χ4v) is 2.96. The molecule has 0 aromatic carbocycles. The van der Waals surface area contributed by atoms with Crippen LogP contribution < -0.4 is 10.2 Å².